The second-order valence-corrected chi connectivity index (χ2v) is 13.7. The molecule has 1 amide bonds. The number of rotatable bonds is 12. The highest BCUT2D eigenvalue weighted by atomic mass is 32.2. The Balaban J connectivity index is 1.19. The molecule has 3 N–H and O–H groups in total. The number of sulfone groups is 1. The molecule has 9 nitrogen and oxygen atoms in total. The molecular weight excluding hydrogens is 564 g/mol. The van der Waals surface area contributed by atoms with Gasteiger partial charge in [-0.15, -0.1) is 0 Å². The molecule has 0 bridgehead atoms. The Labute approximate surface area is 253 Å². The molecule has 3 aliphatic rings. The first kappa shape index (κ1) is 29.6. The van der Waals surface area contributed by atoms with Crippen molar-refractivity contribution < 1.29 is 22.7 Å². The molecule has 0 atom stereocenters. The normalized spacial score (nSPS) is 18.2. The first-order valence-electron chi connectivity index (χ1n) is 15.1. The van der Waals surface area contributed by atoms with Crippen LogP contribution in [-0.2, 0) is 31.7 Å². The van der Waals surface area contributed by atoms with Gasteiger partial charge in [0, 0.05) is 54.4 Å². The molecule has 1 aromatic heterocycles. The van der Waals surface area contributed by atoms with Gasteiger partial charge in [-0.05, 0) is 80.6 Å². The van der Waals surface area contributed by atoms with Gasteiger partial charge in [0.1, 0.15) is 12.4 Å². The lowest BCUT2D eigenvalue weighted by molar-refractivity contribution is -0.110. The van der Waals surface area contributed by atoms with Crippen LogP contribution < -0.4 is 15.4 Å². The Kier molecular flexibility index (Phi) is 8.72. The van der Waals surface area contributed by atoms with Crippen molar-refractivity contribution in [2.75, 3.05) is 51.3 Å². The molecule has 3 heterocycles. The number of amides is 1. The number of nitrogens with zero attached hydrogens (tertiary/aromatic N) is 1. The smallest absolute Gasteiger partial charge is 0.256 e. The number of carbonyl (C=O) groups is 1. The lowest BCUT2D eigenvalue weighted by Crippen LogP contribution is -2.38. The zero-order valence-electron chi connectivity index (χ0n) is 24.9. The van der Waals surface area contributed by atoms with E-state index in [1.807, 2.05) is 31.2 Å². The molecule has 228 valence electrons. The number of carbonyl (C=O) groups excluding carboxylic acids is 1. The van der Waals surface area contributed by atoms with Gasteiger partial charge in [-0.1, -0.05) is 18.2 Å². The van der Waals surface area contributed by atoms with E-state index in [4.69, 9.17) is 9.47 Å². The molecule has 2 aliphatic heterocycles. The fourth-order valence-electron chi connectivity index (χ4n) is 5.76. The van der Waals surface area contributed by atoms with Crippen LogP contribution >= 0.6 is 0 Å². The number of aryl methyl sites for hydroxylation is 1. The number of hydrogen-bond donors (Lipinski definition) is 3. The third kappa shape index (κ3) is 6.88. The summed E-state index contributed by atoms with van der Waals surface area (Å²) < 4.78 is 38.8. The maximum atomic E-state index is 13.7. The quantitative estimate of drug-likeness (QED) is 0.264. The first-order chi connectivity index (χ1) is 20.8. The van der Waals surface area contributed by atoms with Crippen molar-refractivity contribution in [2.45, 2.75) is 43.9 Å². The zero-order chi connectivity index (χ0) is 30.0. The van der Waals surface area contributed by atoms with Crippen molar-refractivity contribution in [2.24, 2.45) is 5.92 Å². The lowest BCUT2D eigenvalue weighted by atomic mass is 10.0. The summed E-state index contributed by atoms with van der Waals surface area (Å²) in [5.74, 6) is 0.916. The van der Waals surface area contributed by atoms with Crippen molar-refractivity contribution in [1.29, 1.82) is 0 Å². The van der Waals surface area contributed by atoms with Gasteiger partial charge >= 0.3 is 0 Å². The largest absolute Gasteiger partial charge is 0.492 e. The number of nitrogens with one attached hydrogen (secondary N) is 3. The number of fused-ring (bicyclic) bond motifs is 1. The third-order valence-corrected chi connectivity index (χ3v) is 10.2. The molecular formula is C33H40N4O5S. The van der Waals surface area contributed by atoms with E-state index in [1.54, 1.807) is 24.3 Å². The molecule has 0 unspecified atom stereocenters. The fourth-order valence-corrected chi connectivity index (χ4v) is 7.14. The van der Waals surface area contributed by atoms with E-state index in [0.29, 0.717) is 34.7 Å². The molecule has 1 saturated carbocycles. The number of hydrogen-bond acceptors (Lipinski definition) is 7. The van der Waals surface area contributed by atoms with E-state index in [-0.39, 0.29) is 16.6 Å². The van der Waals surface area contributed by atoms with Gasteiger partial charge in [-0.25, -0.2) is 8.42 Å². The summed E-state index contributed by atoms with van der Waals surface area (Å²) in [6.07, 6.45) is 4.44. The Morgan fingerprint density at radius 3 is 2.70 bits per heavy atom. The standard InChI is InChI=1S/C33H40N4O5S/c1-22-29(20-34-19-24-7-8-24)23(2)35-31(22)18-28-27-17-26(9-10-30(27)36-33(28)38)43(39,40)21-25-5-3-4-6-32(25)42-16-13-37-11-14-41-15-12-37/h3-6,9-10,17-18,24,34-35H,7-8,11-16,19-21H2,1-2H3,(H,36,38). The van der Waals surface area contributed by atoms with E-state index < -0.39 is 9.84 Å². The van der Waals surface area contributed by atoms with Crippen molar-refractivity contribution in [3.8, 4) is 5.75 Å². The minimum Gasteiger partial charge on any atom is -0.492 e. The first-order valence-corrected chi connectivity index (χ1v) is 16.7. The van der Waals surface area contributed by atoms with Crippen molar-refractivity contribution in [3.63, 3.8) is 0 Å². The molecule has 0 radical (unpaired) electrons. The molecule has 43 heavy (non-hydrogen) atoms. The summed E-state index contributed by atoms with van der Waals surface area (Å²) in [4.78, 5) is 18.9. The van der Waals surface area contributed by atoms with Gasteiger partial charge in [-0.3, -0.25) is 9.69 Å². The average molecular weight is 605 g/mol. The highest BCUT2D eigenvalue weighted by molar-refractivity contribution is 7.90. The van der Waals surface area contributed by atoms with Crippen LogP contribution in [0.4, 0.5) is 5.69 Å². The number of aromatic amines is 1. The Morgan fingerprint density at radius 1 is 1.12 bits per heavy atom. The summed E-state index contributed by atoms with van der Waals surface area (Å²) in [6.45, 7) is 10.3. The number of ether oxygens (including phenoxy) is 2. The van der Waals surface area contributed by atoms with Crippen LogP contribution in [0.3, 0.4) is 0 Å². The van der Waals surface area contributed by atoms with Crippen LogP contribution in [0.25, 0.3) is 11.6 Å². The Morgan fingerprint density at radius 2 is 1.91 bits per heavy atom. The molecule has 6 rings (SSSR count). The fraction of sp³-hybridized carbons (Fsp3) is 0.424. The topological polar surface area (TPSA) is 113 Å². The maximum Gasteiger partial charge on any atom is 0.256 e. The van der Waals surface area contributed by atoms with Crippen molar-refractivity contribution in [3.05, 3.63) is 76.1 Å². The Bertz CT molecular complexity index is 1630. The predicted octanol–water partition coefficient (Wildman–Crippen LogP) is 4.31. The van der Waals surface area contributed by atoms with Crippen molar-refractivity contribution >= 4 is 33.1 Å². The number of para-hydroxylation sites is 1. The number of benzene rings is 2. The van der Waals surface area contributed by atoms with Gasteiger partial charge in [0.15, 0.2) is 9.84 Å². The van der Waals surface area contributed by atoms with E-state index in [9.17, 15) is 13.2 Å². The van der Waals surface area contributed by atoms with Gasteiger partial charge in [-0.2, -0.15) is 0 Å². The van der Waals surface area contributed by atoms with E-state index in [0.717, 1.165) is 68.8 Å². The molecule has 1 aliphatic carbocycles. The SMILES string of the molecule is Cc1[nH]c(C=C2C(=O)Nc3ccc(S(=O)(=O)Cc4ccccc4OCCN4CCOCC4)cc32)c(C)c1CNCC1CC1. The van der Waals surface area contributed by atoms with Gasteiger partial charge in [0.25, 0.3) is 5.91 Å². The molecule has 1 saturated heterocycles. The van der Waals surface area contributed by atoms with Crippen molar-refractivity contribution in [1.82, 2.24) is 15.2 Å². The second-order valence-electron chi connectivity index (χ2n) is 11.7. The molecule has 10 heteroatoms. The number of aromatic nitrogens is 1. The summed E-state index contributed by atoms with van der Waals surface area (Å²) in [6, 6.07) is 12.1. The molecule has 2 fully saturated rings. The zero-order valence-corrected chi connectivity index (χ0v) is 25.7. The molecule has 0 spiro atoms. The maximum absolute atomic E-state index is 13.7. The van der Waals surface area contributed by atoms with Gasteiger partial charge in [0.05, 0.1) is 29.4 Å². The summed E-state index contributed by atoms with van der Waals surface area (Å²) in [5.41, 5.74) is 6.45. The van der Waals surface area contributed by atoms with E-state index in [1.165, 1.54) is 18.4 Å². The number of H-pyrrole nitrogens is 1. The summed E-state index contributed by atoms with van der Waals surface area (Å²) >= 11 is 0. The summed E-state index contributed by atoms with van der Waals surface area (Å²) in [7, 11) is -3.73. The highest BCUT2D eigenvalue weighted by Gasteiger charge is 2.28. The van der Waals surface area contributed by atoms with Crippen LogP contribution in [0.2, 0.25) is 0 Å². The third-order valence-electron chi connectivity index (χ3n) is 8.57. The van der Waals surface area contributed by atoms with Crippen LogP contribution in [0.1, 0.15) is 46.5 Å². The van der Waals surface area contributed by atoms with E-state index >= 15 is 0 Å². The average Bonchev–Trinajstić information content (AvgIpc) is 3.72. The lowest BCUT2D eigenvalue weighted by Gasteiger charge is -2.26. The minimum atomic E-state index is -3.73. The van der Waals surface area contributed by atoms with Gasteiger partial charge in [0.2, 0.25) is 0 Å². The Hall–Kier alpha value is -3.44. The van der Waals surface area contributed by atoms with Crippen LogP contribution in [0.15, 0.2) is 47.4 Å². The van der Waals surface area contributed by atoms with E-state index in [2.05, 4.69) is 27.4 Å². The minimum absolute atomic E-state index is 0.168. The number of anilines is 1. The summed E-state index contributed by atoms with van der Waals surface area (Å²) in [5, 5.41) is 6.44. The van der Waals surface area contributed by atoms with Crippen LogP contribution in [-0.4, -0.2) is 70.2 Å². The van der Waals surface area contributed by atoms with Crippen LogP contribution in [0.5, 0.6) is 5.75 Å². The predicted molar refractivity (Wildman–Crippen MR) is 168 cm³/mol. The second kappa shape index (κ2) is 12.7. The van der Waals surface area contributed by atoms with Crippen LogP contribution in [0, 0.1) is 19.8 Å². The molecule has 2 aromatic carbocycles. The monoisotopic (exact) mass is 604 g/mol. The molecule has 3 aromatic rings. The highest BCUT2D eigenvalue weighted by Crippen LogP contribution is 2.36. The number of morpholine rings is 1. The van der Waals surface area contributed by atoms with Gasteiger partial charge < -0.3 is 25.1 Å².